The molecule has 0 radical (unpaired) electrons. The van der Waals surface area contributed by atoms with Crippen molar-refractivity contribution in [3.63, 3.8) is 0 Å². The van der Waals surface area contributed by atoms with E-state index in [2.05, 4.69) is 21.5 Å². The van der Waals surface area contributed by atoms with Crippen molar-refractivity contribution in [2.75, 3.05) is 5.32 Å². The van der Waals surface area contributed by atoms with Crippen LogP contribution in [0.1, 0.15) is 15.9 Å². The van der Waals surface area contributed by atoms with E-state index in [1.165, 1.54) is 12.1 Å². The number of rotatable bonds is 4. The van der Waals surface area contributed by atoms with Crippen LogP contribution in [0.25, 0.3) is 16.9 Å². The monoisotopic (exact) mass is 377 g/mol. The predicted molar refractivity (Wildman–Crippen MR) is 101 cm³/mol. The van der Waals surface area contributed by atoms with Gasteiger partial charge in [-0.1, -0.05) is 35.9 Å². The fourth-order valence-corrected chi connectivity index (χ4v) is 2.96. The van der Waals surface area contributed by atoms with E-state index in [9.17, 15) is 10.1 Å². The van der Waals surface area contributed by atoms with Gasteiger partial charge in [0.05, 0.1) is 16.3 Å². The number of nitrogens with zero attached hydrogens (tertiary/aromatic N) is 3. The quantitative estimate of drug-likeness (QED) is 0.491. The molecule has 0 bridgehead atoms. The molecule has 0 aliphatic carbocycles. The Morgan fingerprint density at radius 2 is 1.96 bits per heavy atom. The number of benzene rings is 2. The summed E-state index contributed by atoms with van der Waals surface area (Å²) in [7, 11) is 0. The number of aromatic carboxylic acids is 1. The third-order valence-corrected chi connectivity index (χ3v) is 4.44. The zero-order chi connectivity index (χ0) is 19.0. The van der Waals surface area contributed by atoms with Gasteiger partial charge >= 0.3 is 5.97 Å². The minimum atomic E-state index is -1.00. The SMILES string of the molecule is N#Cc1c[nH]n2c(Nc3ccccc3Cl)c(-c3ccc(C(=O)O)cc3)nc12. The lowest BCUT2D eigenvalue weighted by atomic mass is 10.1. The van der Waals surface area contributed by atoms with Crippen LogP contribution in [-0.4, -0.2) is 25.7 Å². The van der Waals surface area contributed by atoms with Gasteiger partial charge in [-0.3, -0.25) is 5.10 Å². The first-order chi connectivity index (χ1) is 13.1. The summed E-state index contributed by atoms with van der Waals surface area (Å²) in [6, 6.07) is 15.7. The predicted octanol–water partition coefficient (Wildman–Crippen LogP) is 4.30. The molecule has 0 aliphatic heterocycles. The first-order valence-electron chi connectivity index (χ1n) is 7.93. The summed E-state index contributed by atoms with van der Waals surface area (Å²) in [5, 5.41) is 25.2. The number of hydrogen-bond donors (Lipinski definition) is 3. The summed E-state index contributed by atoms with van der Waals surface area (Å²) < 4.78 is 1.66. The summed E-state index contributed by atoms with van der Waals surface area (Å²) in [6.07, 6.45) is 1.57. The minimum Gasteiger partial charge on any atom is -0.478 e. The molecule has 0 atom stereocenters. The van der Waals surface area contributed by atoms with Crippen molar-refractivity contribution in [1.82, 2.24) is 14.6 Å². The Hall–Kier alpha value is -3.76. The Balaban J connectivity index is 1.89. The number of carboxylic acids is 1. The van der Waals surface area contributed by atoms with Crippen molar-refractivity contribution in [3.05, 3.63) is 70.9 Å². The number of fused-ring (bicyclic) bond motifs is 1. The van der Waals surface area contributed by atoms with Crippen LogP contribution in [0.5, 0.6) is 0 Å². The fourth-order valence-electron chi connectivity index (χ4n) is 2.78. The highest BCUT2D eigenvalue weighted by Crippen LogP contribution is 2.33. The van der Waals surface area contributed by atoms with Gasteiger partial charge in [-0.05, 0) is 24.3 Å². The molecule has 8 heteroatoms. The highest BCUT2D eigenvalue weighted by molar-refractivity contribution is 6.33. The molecular formula is C19H12ClN5O2. The zero-order valence-electron chi connectivity index (χ0n) is 13.8. The molecule has 4 aromatic rings. The Morgan fingerprint density at radius 1 is 1.22 bits per heavy atom. The molecule has 132 valence electrons. The Labute approximate surface area is 158 Å². The lowest BCUT2D eigenvalue weighted by Crippen LogP contribution is -1.99. The van der Waals surface area contributed by atoms with Crippen LogP contribution >= 0.6 is 11.6 Å². The highest BCUT2D eigenvalue weighted by atomic mass is 35.5. The summed E-state index contributed by atoms with van der Waals surface area (Å²) in [5.41, 5.74) is 2.99. The molecule has 2 heterocycles. The molecule has 4 rings (SSSR count). The number of aromatic nitrogens is 3. The molecule has 0 unspecified atom stereocenters. The molecule has 0 fully saturated rings. The van der Waals surface area contributed by atoms with E-state index < -0.39 is 5.97 Å². The van der Waals surface area contributed by atoms with Crippen LogP contribution in [-0.2, 0) is 0 Å². The number of halogens is 1. The Kier molecular flexibility index (Phi) is 4.03. The average molecular weight is 378 g/mol. The summed E-state index contributed by atoms with van der Waals surface area (Å²) >= 11 is 6.26. The second-order valence-corrected chi connectivity index (χ2v) is 6.16. The topological polar surface area (TPSA) is 106 Å². The average Bonchev–Trinajstić information content (AvgIpc) is 3.23. The van der Waals surface area contributed by atoms with E-state index in [1.807, 2.05) is 18.2 Å². The van der Waals surface area contributed by atoms with E-state index in [4.69, 9.17) is 16.7 Å². The molecular weight excluding hydrogens is 366 g/mol. The minimum absolute atomic E-state index is 0.182. The maximum absolute atomic E-state index is 11.1. The van der Waals surface area contributed by atoms with Crippen LogP contribution in [0.3, 0.4) is 0 Å². The molecule has 0 saturated heterocycles. The maximum Gasteiger partial charge on any atom is 0.335 e. The van der Waals surface area contributed by atoms with Crippen LogP contribution in [0.15, 0.2) is 54.7 Å². The molecule has 0 amide bonds. The zero-order valence-corrected chi connectivity index (χ0v) is 14.5. The number of para-hydroxylation sites is 1. The summed E-state index contributed by atoms with van der Waals surface area (Å²) in [6.45, 7) is 0. The van der Waals surface area contributed by atoms with Crippen LogP contribution in [0.2, 0.25) is 5.02 Å². The molecule has 0 saturated carbocycles. The van der Waals surface area contributed by atoms with Gasteiger partial charge in [0.25, 0.3) is 0 Å². The van der Waals surface area contributed by atoms with Crippen molar-refractivity contribution in [2.24, 2.45) is 0 Å². The van der Waals surface area contributed by atoms with Gasteiger partial charge in [0.2, 0.25) is 0 Å². The maximum atomic E-state index is 11.1. The van der Waals surface area contributed by atoms with Crippen molar-refractivity contribution >= 4 is 34.7 Å². The van der Waals surface area contributed by atoms with E-state index in [1.54, 1.807) is 28.9 Å². The van der Waals surface area contributed by atoms with Gasteiger partial charge in [0.15, 0.2) is 11.5 Å². The first kappa shape index (κ1) is 16.7. The Bertz CT molecular complexity index is 1200. The van der Waals surface area contributed by atoms with Crippen LogP contribution in [0, 0.1) is 11.3 Å². The van der Waals surface area contributed by atoms with Gasteiger partial charge in [-0.25, -0.2) is 14.3 Å². The smallest absolute Gasteiger partial charge is 0.335 e. The summed E-state index contributed by atoms with van der Waals surface area (Å²) in [4.78, 5) is 15.7. The number of nitriles is 1. The number of imidazole rings is 1. The highest BCUT2D eigenvalue weighted by Gasteiger charge is 2.19. The molecule has 0 spiro atoms. The lowest BCUT2D eigenvalue weighted by Gasteiger charge is -2.09. The largest absolute Gasteiger partial charge is 0.478 e. The number of carbonyl (C=O) groups is 1. The van der Waals surface area contributed by atoms with Crippen molar-refractivity contribution < 1.29 is 9.90 Å². The molecule has 3 N–H and O–H groups in total. The number of anilines is 2. The lowest BCUT2D eigenvalue weighted by molar-refractivity contribution is 0.0697. The normalized spacial score (nSPS) is 10.7. The van der Waals surface area contributed by atoms with Crippen LogP contribution in [0.4, 0.5) is 11.5 Å². The molecule has 7 nitrogen and oxygen atoms in total. The summed E-state index contributed by atoms with van der Waals surface area (Å²) in [5.74, 6) is -0.414. The second-order valence-electron chi connectivity index (χ2n) is 5.75. The Morgan fingerprint density at radius 3 is 2.63 bits per heavy atom. The molecule has 27 heavy (non-hydrogen) atoms. The third-order valence-electron chi connectivity index (χ3n) is 4.11. The van der Waals surface area contributed by atoms with E-state index >= 15 is 0 Å². The fraction of sp³-hybridized carbons (Fsp3) is 0. The van der Waals surface area contributed by atoms with E-state index in [-0.39, 0.29) is 5.56 Å². The third kappa shape index (κ3) is 2.88. The van der Waals surface area contributed by atoms with Gasteiger partial charge < -0.3 is 10.4 Å². The molecule has 2 aromatic heterocycles. The first-order valence-corrected chi connectivity index (χ1v) is 8.31. The number of hydrogen-bond acceptors (Lipinski definition) is 4. The molecule has 0 aliphatic rings. The van der Waals surface area contributed by atoms with Crippen molar-refractivity contribution in [2.45, 2.75) is 0 Å². The van der Waals surface area contributed by atoms with Gasteiger partial charge in [-0.2, -0.15) is 5.26 Å². The van der Waals surface area contributed by atoms with Gasteiger partial charge in [0, 0.05) is 11.8 Å². The number of nitrogens with one attached hydrogen (secondary N) is 2. The number of H-pyrrole nitrogens is 1. The number of aromatic amines is 1. The number of carboxylic acid groups (broad SMARTS) is 1. The molecule has 2 aromatic carbocycles. The van der Waals surface area contributed by atoms with Crippen molar-refractivity contribution in [1.29, 1.82) is 5.26 Å². The second kappa shape index (κ2) is 6.52. The van der Waals surface area contributed by atoms with Crippen molar-refractivity contribution in [3.8, 4) is 17.3 Å². The standard InChI is InChI=1S/C19H12ClN5O2/c20-14-3-1-2-4-15(14)23-18-16(11-5-7-12(8-6-11)19(26)27)24-17-13(9-21)10-22-25(17)18/h1-8,10,22-23H,(H,26,27). The van der Waals surface area contributed by atoms with E-state index in [0.717, 1.165) is 0 Å². The van der Waals surface area contributed by atoms with E-state index in [0.29, 0.717) is 39.0 Å². The van der Waals surface area contributed by atoms with Crippen LogP contribution < -0.4 is 5.32 Å². The van der Waals surface area contributed by atoms with Gasteiger partial charge in [0.1, 0.15) is 17.3 Å². The van der Waals surface area contributed by atoms with Gasteiger partial charge in [-0.15, -0.1) is 0 Å².